The highest BCUT2D eigenvalue weighted by atomic mass is 79.9. The smallest absolute Gasteiger partial charge is 0.230 e. The highest BCUT2D eigenvalue weighted by Gasteiger charge is 2.18. The highest BCUT2D eigenvalue weighted by Crippen LogP contribution is 2.37. The Bertz CT molecular complexity index is 788. The summed E-state index contributed by atoms with van der Waals surface area (Å²) in [7, 11) is 0. The molecule has 1 aromatic heterocycles. The number of hydrogen-bond acceptors (Lipinski definition) is 3. The third kappa shape index (κ3) is 2.72. The predicted molar refractivity (Wildman–Crippen MR) is 89.0 cm³/mol. The molecule has 3 aromatic rings. The van der Waals surface area contributed by atoms with Crippen molar-refractivity contribution in [2.75, 3.05) is 5.73 Å². The van der Waals surface area contributed by atoms with Crippen molar-refractivity contribution in [3.8, 4) is 22.4 Å². The summed E-state index contributed by atoms with van der Waals surface area (Å²) in [4.78, 5) is 0. The average Bonchev–Trinajstić information content (AvgIpc) is 2.79. The minimum Gasteiger partial charge on any atom is -0.367 e. The maximum atomic E-state index is 5.99. The number of nitrogens with two attached hydrogens (primary N) is 1. The second-order valence-corrected chi connectivity index (χ2v) is 6.07. The summed E-state index contributed by atoms with van der Waals surface area (Å²) in [5.41, 5.74) is 12.0. The Labute approximate surface area is 131 Å². The molecule has 2 N–H and O–H groups in total. The molecule has 1 heterocycles. The fraction of sp³-hybridized carbons (Fsp3) is 0.118. The molecule has 0 spiro atoms. The van der Waals surface area contributed by atoms with Crippen LogP contribution in [0.1, 0.15) is 11.1 Å². The van der Waals surface area contributed by atoms with Gasteiger partial charge in [0.25, 0.3) is 0 Å². The monoisotopic (exact) mass is 342 g/mol. The van der Waals surface area contributed by atoms with Gasteiger partial charge in [0.1, 0.15) is 5.69 Å². The molecule has 0 radical (unpaired) electrons. The molecule has 2 aromatic carbocycles. The van der Waals surface area contributed by atoms with Gasteiger partial charge >= 0.3 is 0 Å². The van der Waals surface area contributed by atoms with E-state index < -0.39 is 0 Å². The van der Waals surface area contributed by atoms with Crippen molar-refractivity contribution in [2.24, 2.45) is 0 Å². The molecule has 4 heteroatoms. The maximum Gasteiger partial charge on any atom is 0.230 e. The normalized spacial score (nSPS) is 10.8. The van der Waals surface area contributed by atoms with Crippen molar-refractivity contribution in [3.63, 3.8) is 0 Å². The maximum absolute atomic E-state index is 5.99. The zero-order chi connectivity index (χ0) is 15.0. The Kier molecular flexibility index (Phi) is 3.55. The number of benzene rings is 2. The van der Waals surface area contributed by atoms with Crippen LogP contribution in [0, 0.1) is 13.8 Å². The van der Waals surface area contributed by atoms with E-state index in [-0.39, 0.29) is 0 Å². The van der Waals surface area contributed by atoms with Crippen LogP contribution in [-0.2, 0) is 0 Å². The summed E-state index contributed by atoms with van der Waals surface area (Å²) in [6.07, 6.45) is 0. The summed E-state index contributed by atoms with van der Waals surface area (Å²) >= 11 is 3.48. The first-order valence-corrected chi connectivity index (χ1v) is 7.43. The van der Waals surface area contributed by atoms with Gasteiger partial charge < -0.3 is 10.3 Å². The summed E-state index contributed by atoms with van der Waals surface area (Å²) in [6, 6.07) is 14.3. The Morgan fingerprint density at radius 1 is 1.00 bits per heavy atom. The molecule has 0 unspecified atom stereocenters. The molecule has 0 aliphatic carbocycles. The Balaban J connectivity index is 2.21. The summed E-state index contributed by atoms with van der Waals surface area (Å²) < 4.78 is 6.23. The molecule has 3 rings (SSSR count). The summed E-state index contributed by atoms with van der Waals surface area (Å²) in [5, 5.41) is 4.16. The Hall–Kier alpha value is -2.07. The van der Waals surface area contributed by atoms with Gasteiger partial charge in [-0.15, -0.1) is 0 Å². The topological polar surface area (TPSA) is 52.0 Å². The largest absolute Gasteiger partial charge is 0.367 e. The Morgan fingerprint density at radius 3 is 2.38 bits per heavy atom. The molecule has 0 fully saturated rings. The van der Waals surface area contributed by atoms with Crippen LogP contribution in [-0.4, -0.2) is 5.16 Å². The quantitative estimate of drug-likeness (QED) is 0.715. The van der Waals surface area contributed by atoms with E-state index in [1.165, 1.54) is 11.1 Å². The molecule has 0 amide bonds. The van der Waals surface area contributed by atoms with Crippen LogP contribution in [0.2, 0.25) is 0 Å². The number of nitrogens with zero attached hydrogens (tertiary/aromatic N) is 1. The number of rotatable bonds is 2. The SMILES string of the molecule is Cc1cc(C)cc(-c2noc(N)c2-c2cccc(Br)c2)c1. The van der Waals surface area contributed by atoms with Crippen molar-refractivity contribution in [1.82, 2.24) is 5.16 Å². The van der Waals surface area contributed by atoms with Crippen LogP contribution in [0.25, 0.3) is 22.4 Å². The van der Waals surface area contributed by atoms with E-state index in [4.69, 9.17) is 10.3 Å². The summed E-state index contributed by atoms with van der Waals surface area (Å²) in [5.74, 6) is 0.335. The molecular weight excluding hydrogens is 328 g/mol. The van der Waals surface area contributed by atoms with Gasteiger partial charge in [0.2, 0.25) is 5.88 Å². The first-order valence-electron chi connectivity index (χ1n) is 6.64. The zero-order valence-corrected chi connectivity index (χ0v) is 13.4. The fourth-order valence-corrected chi connectivity index (χ4v) is 2.93. The number of aryl methyl sites for hydroxylation is 2. The average molecular weight is 343 g/mol. The number of aromatic nitrogens is 1. The van der Waals surface area contributed by atoms with E-state index in [2.05, 4.69) is 53.1 Å². The fourth-order valence-electron chi connectivity index (χ4n) is 2.53. The molecule has 0 aliphatic heterocycles. The zero-order valence-electron chi connectivity index (χ0n) is 11.9. The van der Waals surface area contributed by atoms with Gasteiger partial charge in [0, 0.05) is 10.0 Å². The lowest BCUT2D eigenvalue weighted by atomic mass is 9.98. The molecule has 0 bridgehead atoms. The van der Waals surface area contributed by atoms with Crippen LogP contribution in [0.3, 0.4) is 0 Å². The van der Waals surface area contributed by atoms with Crippen LogP contribution < -0.4 is 5.73 Å². The predicted octanol–water partition coefficient (Wildman–Crippen LogP) is 4.97. The minimum atomic E-state index is 0.335. The van der Waals surface area contributed by atoms with E-state index in [1.807, 2.05) is 24.3 Å². The molecule has 3 nitrogen and oxygen atoms in total. The van der Waals surface area contributed by atoms with E-state index in [1.54, 1.807) is 0 Å². The molecule has 106 valence electrons. The van der Waals surface area contributed by atoms with Crippen LogP contribution in [0.4, 0.5) is 5.88 Å². The van der Waals surface area contributed by atoms with Crippen LogP contribution in [0.15, 0.2) is 51.5 Å². The van der Waals surface area contributed by atoms with E-state index in [0.29, 0.717) is 5.88 Å². The Morgan fingerprint density at radius 2 is 1.71 bits per heavy atom. The standard InChI is InChI=1S/C17H15BrN2O/c1-10-6-11(2)8-13(7-10)16-15(17(19)21-20-16)12-4-3-5-14(18)9-12/h3-9H,19H2,1-2H3. The van der Waals surface area contributed by atoms with Crippen molar-refractivity contribution < 1.29 is 4.52 Å². The third-order valence-electron chi connectivity index (χ3n) is 3.33. The molecule has 21 heavy (non-hydrogen) atoms. The number of nitrogen functional groups attached to an aromatic ring is 1. The van der Waals surface area contributed by atoms with Gasteiger partial charge in [-0.3, -0.25) is 0 Å². The van der Waals surface area contributed by atoms with Gasteiger partial charge in [-0.2, -0.15) is 0 Å². The second-order valence-electron chi connectivity index (χ2n) is 5.16. The van der Waals surface area contributed by atoms with Crippen LogP contribution >= 0.6 is 15.9 Å². The lowest BCUT2D eigenvalue weighted by Gasteiger charge is -2.06. The van der Waals surface area contributed by atoms with E-state index in [0.717, 1.165) is 26.9 Å². The van der Waals surface area contributed by atoms with Gasteiger partial charge in [-0.25, -0.2) is 0 Å². The second kappa shape index (κ2) is 5.37. The van der Waals surface area contributed by atoms with Gasteiger partial charge in [0.05, 0.1) is 5.56 Å². The third-order valence-corrected chi connectivity index (χ3v) is 3.82. The molecule has 0 atom stereocenters. The molecule has 0 aliphatic rings. The first-order chi connectivity index (χ1) is 10.0. The summed E-state index contributed by atoms with van der Waals surface area (Å²) in [6.45, 7) is 4.14. The lowest BCUT2D eigenvalue weighted by molar-refractivity contribution is 0.439. The molecular formula is C17H15BrN2O. The highest BCUT2D eigenvalue weighted by molar-refractivity contribution is 9.10. The number of anilines is 1. The van der Waals surface area contributed by atoms with E-state index >= 15 is 0 Å². The molecule has 0 saturated heterocycles. The van der Waals surface area contributed by atoms with Crippen molar-refractivity contribution in [3.05, 3.63) is 58.1 Å². The van der Waals surface area contributed by atoms with Crippen LogP contribution in [0.5, 0.6) is 0 Å². The molecule has 0 saturated carbocycles. The minimum absolute atomic E-state index is 0.335. The van der Waals surface area contributed by atoms with Crippen molar-refractivity contribution in [2.45, 2.75) is 13.8 Å². The number of halogens is 1. The van der Waals surface area contributed by atoms with Gasteiger partial charge in [-0.05, 0) is 43.7 Å². The number of hydrogen-bond donors (Lipinski definition) is 1. The van der Waals surface area contributed by atoms with Gasteiger partial charge in [-0.1, -0.05) is 50.4 Å². The van der Waals surface area contributed by atoms with Crippen molar-refractivity contribution >= 4 is 21.8 Å². The first kappa shape index (κ1) is 13.9. The lowest BCUT2D eigenvalue weighted by Crippen LogP contribution is -1.89. The van der Waals surface area contributed by atoms with Gasteiger partial charge in [0.15, 0.2) is 0 Å². The van der Waals surface area contributed by atoms with Crippen molar-refractivity contribution in [1.29, 1.82) is 0 Å². The van der Waals surface area contributed by atoms with E-state index in [9.17, 15) is 0 Å².